The number of rotatable bonds is 6. The molecule has 202 valence electrons. The van der Waals surface area contributed by atoms with E-state index in [1.165, 1.54) is 18.2 Å². The fourth-order valence-electron chi connectivity index (χ4n) is 5.08. The van der Waals surface area contributed by atoms with E-state index in [4.69, 9.17) is 10.6 Å². The molecular weight excluding hydrogens is 539 g/mol. The monoisotopic (exact) mass is 566 g/mol. The fourth-order valence-corrected chi connectivity index (χ4v) is 5.67. The van der Waals surface area contributed by atoms with Crippen LogP contribution in [0.3, 0.4) is 0 Å². The van der Waals surface area contributed by atoms with E-state index < -0.39 is 48.5 Å². The molecule has 0 radical (unpaired) electrons. The number of anilines is 1. The third-order valence-corrected chi connectivity index (χ3v) is 7.21. The average molecular weight is 566 g/mol. The Kier molecular flexibility index (Phi) is 8.95. The number of nitrogens with zero attached hydrogens (tertiary/aromatic N) is 2. The Hall–Kier alpha value is -1.73. The average Bonchev–Trinajstić information content (AvgIpc) is 3.13. The van der Waals surface area contributed by atoms with Crippen molar-refractivity contribution in [3.05, 3.63) is 40.7 Å². The van der Waals surface area contributed by atoms with Gasteiger partial charge in [-0.15, -0.1) is 0 Å². The summed E-state index contributed by atoms with van der Waals surface area (Å²) in [4.78, 5) is 44.7. The van der Waals surface area contributed by atoms with Gasteiger partial charge in [-0.1, -0.05) is 13.8 Å². The van der Waals surface area contributed by atoms with Crippen LogP contribution in [0.5, 0.6) is 0 Å². The quantitative estimate of drug-likeness (QED) is 0.334. The topological polar surface area (TPSA) is 160 Å². The van der Waals surface area contributed by atoms with E-state index in [2.05, 4.69) is 14.9 Å². The Morgan fingerprint density at radius 2 is 1.89 bits per heavy atom. The number of carbonyl (C=O) groups is 2. The molecule has 2 aliphatic carbocycles. The van der Waals surface area contributed by atoms with Crippen LogP contribution < -0.4 is 45.5 Å². The Morgan fingerprint density at radius 1 is 1.26 bits per heavy atom. The minimum absolute atomic E-state index is 0. The second kappa shape index (κ2) is 11.0. The fraction of sp³-hybridized carbons (Fsp3) is 0.522. The zero-order valence-corrected chi connectivity index (χ0v) is 24.1. The van der Waals surface area contributed by atoms with E-state index in [-0.39, 0.29) is 71.1 Å². The Bertz CT molecular complexity index is 1280. The van der Waals surface area contributed by atoms with Crippen molar-refractivity contribution in [1.29, 1.82) is 0 Å². The van der Waals surface area contributed by atoms with Crippen LogP contribution in [0.1, 0.15) is 78.1 Å². The molecule has 1 unspecified atom stereocenters. The van der Waals surface area contributed by atoms with Gasteiger partial charge in [0.2, 0.25) is 0 Å². The van der Waals surface area contributed by atoms with E-state index in [1.54, 1.807) is 13.8 Å². The molecule has 1 fully saturated rings. The molecule has 1 heterocycles. The number of phosphoric acid groups is 1. The number of ketones is 1. The maximum absolute atomic E-state index is 13.8. The first-order valence-corrected chi connectivity index (χ1v) is 13.2. The minimum Gasteiger partial charge on any atom is -0.756 e. The van der Waals surface area contributed by atoms with Crippen molar-refractivity contribution in [3.8, 4) is 5.69 Å². The molecule has 15 heteroatoms. The summed E-state index contributed by atoms with van der Waals surface area (Å²) >= 11 is 0. The van der Waals surface area contributed by atoms with Crippen molar-refractivity contribution in [2.45, 2.75) is 70.7 Å². The predicted octanol–water partition coefficient (Wildman–Crippen LogP) is 0.350. The van der Waals surface area contributed by atoms with E-state index in [9.17, 15) is 32.2 Å². The molecule has 4 N–H and O–H groups in total. The summed E-state index contributed by atoms with van der Waals surface area (Å²) in [6.45, 7) is 3.59. The van der Waals surface area contributed by atoms with Crippen LogP contribution in [0.4, 0.5) is 18.9 Å². The van der Waals surface area contributed by atoms with Gasteiger partial charge in [0.1, 0.15) is 0 Å². The van der Waals surface area contributed by atoms with Crippen LogP contribution in [0.15, 0.2) is 18.2 Å². The number of alkyl halides is 3. The molecule has 1 atom stereocenters. The van der Waals surface area contributed by atoms with E-state index in [0.717, 1.165) is 4.68 Å². The van der Waals surface area contributed by atoms with Crippen LogP contribution in [0.25, 0.3) is 5.69 Å². The number of amides is 1. The van der Waals surface area contributed by atoms with Gasteiger partial charge >= 0.3 is 35.7 Å². The van der Waals surface area contributed by atoms with Crippen molar-refractivity contribution in [2.24, 2.45) is 11.1 Å². The van der Waals surface area contributed by atoms with Crippen molar-refractivity contribution in [3.63, 3.8) is 0 Å². The van der Waals surface area contributed by atoms with Crippen LogP contribution >= 0.6 is 7.82 Å². The summed E-state index contributed by atoms with van der Waals surface area (Å²) in [5, 5.41) is 6.96. The molecule has 1 saturated carbocycles. The molecule has 0 saturated heterocycles. The summed E-state index contributed by atoms with van der Waals surface area (Å²) < 4.78 is 58.1. The van der Waals surface area contributed by atoms with E-state index >= 15 is 0 Å². The number of benzene rings is 1. The van der Waals surface area contributed by atoms with E-state index in [0.29, 0.717) is 25.7 Å². The first-order valence-electron chi connectivity index (χ1n) is 11.7. The molecule has 0 bridgehead atoms. The second-order valence-corrected chi connectivity index (χ2v) is 11.5. The minimum atomic E-state index is -4.86. The number of Topliss-reactive ketones (excluding diaryl/α,β-unsaturated/α-hetero) is 1. The summed E-state index contributed by atoms with van der Waals surface area (Å²) in [5.41, 5.74) is 4.02. The number of fused-ring (bicyclic) bond motifs is 1. The van der Waals surface area contributed by atoms with Gasteiger partial charge in [0, 0.05) is 18.2 Å². The molecular formula is C23H27F3N4NaO6P. The number of primary amides is 1. The summed E-state index contributed by atoms with van der Waals surface area (Å²) in [6.07, 6.45) is -3.85. The molecule has 4 rings (SSSR count). The number of nitrogens with one attached hydrogen (secondary N) is 1. The number of carbonyl (C=O) groups excluding carboxylic acids is 2. The molecule has 2 aliphatic rings. The van der Waals surface area contributed by atoms with Gasteiger partial charge < -0.3 is 25.4 Å². The molecule has 2 aromatic rings. The zero-order chi connectivity index (χ0) is 27.3. The van der Waals surface area contributed by atoms with Crippen molar-refractivity contribution >= 4 is 25.2 Å². The molecule has 1 aromatic heterocycles. The molecule has 0 spiro atoms. The molecule has 0 aliphatic heterocycles. The number of nitrogens with two attached hydrogens (primary N) is 1. The maximum atomic E-state index is 13.8. The van der Waals surface area contributed by atoms with Crippen LogP contribution in [0, 0.1) is 5.41 Å². The van der Waals surface area contributed by atoms with Gasteiger partial charge in [0.05, 0.1) is 28.6 Å². The molecule has 1 amide bonds. The SMILES string of the molecule is CC1(C)CC(=O)c2c(C(F)(F)F)nn(-c3ccc(C(N)=O)c(N[C@H]4CC[C@H](OP(=O)([O-])O)CC4)c3)c2C1.[Na+]. The number of halogens is 3. The number of hydrogen-bond acceptors (Lipinski definition) is 7. The van der Waals surface area contributed by atoms with Gasteiger partial charge in [0.25, 0.3) is 13.7 Å². The third kappa shape index (κ3) is 6.88. The summed E-state index contributed by atoms with van der Waals surface area (Å²) in [6, 6.07) is 4.03. The van der Waals surface area contributed by atoms with E-state index in [1.807, 2.05) is 0 Å². The summed E-state index contributed by atoms with van der Waals surface area (Å²) in [5.74, 6) is -1.38. The number of aromatic nitrogens is 2. The van der Waals surface area contributed by atoms with Crippen molar-refractivity contribution in [1.82, 2.24) is 9.78 Å². The largest absolute Gasteiger partial charge is 1.00 e. The van der Waals surface area contributed by atoms with Gasteiger partial charge in [-0.2, -0.15) is 18.3 Å². The standard InChI is InChI=1S/C23H28F3N4O6P.Na/c1-22(2)10-17-19(18(31)11-22)20(23(24,25)26)29-30(17)13-5-8-15(21(27)32)16(9-13)28-12-3-6-14(7-4-12)36-37(33,34)35;/h5,8-9,12,14,28H,3-4,6-7,10-11H2,1-2H3,(H2,27,32)(H2,33,34,35);/q;+1/p-1/t12-,14-;. The molecule has 38 heavy (non-hydrogen) atoms. The first kappa shape index (κ1) is 30.8. The van der Waals surface area contributed by atoms with Crippen LogP contribution in [-0.4, -0.2) is 38.5 Å². The first-order chi connectivity index (χ1) is 17.0. The summed E-state index contributed by atoms with van der Waals surface area (Å²) in [7, 11) is -4.86. The van der Waals surface area contributed by atoms with Crippen LogP contribution in [0.2, 0.25) is 0 Å². The smallest absolute Gasteiger partial charge is 0.756 e. The van der Waals surface area contributed by atoms with Gasteiger partial charge in [-0.3, -0.25) is 14.2 Å². The number of phosphoric ester groups is 1. The van der Waals surface area contributed by atoms with Gasteiger partial charge in [-0.05, 0) is 55.7 Å². The normalized spacial score (nSPS) is 22.7. The van der Waals surface area contributed by atoms with Crippen molar-refractivity contribution in [2.75, 3.05) is 5.32 Å². The zero-order valence-electron chi connectivity index (χ0n) is 21.2. The molecule has 10 nitrogen and oxygen atoms in total. The second-order valence-electron chi connectivity index (χ2n) is 10.3. The molecule has 1 aromatic carbocycles. The predicted molar refractivity (Wildman–Crippen MR) is 124 cm³/mol. The third-order valence-electron chi connectivity index (χ3n) is 6.64. The Labute approximate surface area is 239 Å². The number of hydrogen-bond donors (Lipinski definition) is 3. The Balaban J connectivity index is 0.00000400. The van der Waals surface area contributed by atoms with Gasteiger partial charge in [0.15, 0.2) is 11.5 Å². The van der Waals surface area contributed by atoms with Crippen molar-refractivity contribution < 1.29 is 71.2 Å². The maximum Gasteiger partial charge on any atom is 1.00 e. The van der Waals surface area contributed by atoms with Crippen LogP contribution in [-0.2, 0) is 21.7 Å². The Morgan fingerprint density at radius 3 is 2.45 bits per heavy atom. The van der Waals surface area contributed by atoms with Gasteiger partial charge in [-0.25, -0.2) is 4.68 Å².